The zero-order chi connectivity index (χ0) is 27.0. The summed E-state index contributed by atoms with van der Waals surface area (Å²) in [6, 6.07) is 5.98. The van der Waals surface area contributed by atoms with Gasteiger partial charge >= 0.3 is 0 Å². The lowest BCUT2D eigenvalue weighted by molar-refractivity contribution is -0.129. The lowest BCUT2D eigenvalue weighted by atomic mass is 10.0. The van der Waals surface area contributed by atoms with Crippen molar-refractivity contribution >= 4 is 44.1 Å². The molecule has 2 fully saturated rings. The predicted octanol–water partition coefficient (Wildman–Crippen LogP) is 3.56. The topological polar surface area (TPSA) is 107 Å². The number of sulfonamides is 1. The number of carbonyl (C=O) groups is 3. The second-order valence-electron chi connectivity index (χ2n) is 10.5. The molecule has 0 bridgehead atoms. The van der Waals surface area contributed by atoms with Gasteiger partial charge in [0.1, 0.15) is 5.00 Å². The van der Waals surface area contributed by atoms with E-state index >= 15 is 0 Å². The summed E-state index contributed by atoms with van der Waals surface area (Å²) in [6.45, 7) is 7.03. The van der Waals surface area contributed by atoms with E-state index in [0.717, 1.165) is 36.1 Å². The van der Waals surface area contributed by atoms with Gasteiger partial charge in [-0.15, -0.1) is 11.3 Å². The van der Waals surface area contributed by atoms with Crippen LogP contribution in [0.5, 0.6) is 0 Å². The fourth-order valence-corrected chi connectivity index (χ4v) is 8.11. The maximum Gasteiger partial charge on any atom is 0.257 e. The van der Waals surface area contributed by atoms with E-state index in [-0.39, 0.29) is 16.7 Å². The van der Waals surface area contributed by atoms with Crippen LogP contribution in [-0.2, 0) is 27.8 Å². The van der Waals surface area contributed by atoms with Crippen molar-refractivity contribution < 1.29 is 22.8 Å². The molecule has 0 saturated carbocycles. The molecule has 0 aliphatic carbocycles. The van der Waals surface area contributed by atoms with Gasteiger partial charge in [0.15, 0.2) is 0 Å². The summed E-state index contributed by atoms with van der Waals surface area (Å²) in [4.78, 5) is 43.4. The summed E-state index contributed by atoms with van der Waals surface area (Å²) >= 11 is 1.34. The van der Waals surface area contributed by atoms with E-state index in [1.165, 1.54) is 46.8 Å². The molecule has 204 valence electrons. The zero-order valence-electron chi connectivity index (χ0n) is 21.9. The van der Waals surface area contributed by atoms with Gasteiger partial charge < -0.3 is 15.1 Å². The normalized spacial score (nSPS) is 18.9. The summed E-state index contributed by atoms with van der Waals surface area (Å²) in [6.07, 6.45) is 4.17. The van der Waals surface area contributed by atoms with Gasteiger partial charge in [-0.1, -0.05) is 6.92 Å². The summed E-state index contributed by atoms with van der Waals surface area (Å²) < 4.78 is 27.6. The molecule has 0 unspecified atom stereocenters. The number of nitrogens with one attached hydrogen (secondary N) is 1. The average molecular weight is 559 g/mol. The number of piperidine rings is 1. The Hall–Kier alpha value is -2.76. The number of fused-ring (bicyclic) bond motifs is 1. The van der Waals surface area contributed by atoms with E-state index in [2.05, 4.69) is 12.2 Å². The van der Waals surface area contributed by atoms with E-state index in [9.17, 15) is 22.8 Å². The second kappa shape index (κ2) is 10.8. The van der Waals surface area contributed by atoms with Crippen LogP contribution in [0.3, 0.4) is 0 Å². The highest BCUT2D eigenvalue weighted by atomic mass is 32.2. The van der Waals surface area contributed by atoms with Crippen LogP contribution in [0.25, 0.3) is 0 Å². The van der Waals surface area contributed by atoms with Crippen molar-refractivity contribution in [1.29, 1.82) is 0 Å². The monoisotopic (exact) mass is 558 g/mol. The number of hydrogen-bond donors (Lipinski definition) is 1. The average Bonchev–Trinajstić information content (AvgIpc) is 3.56. The molecular formula is C27H34N4O5S2. The molecule has 0 spiro atoms. The van der Waals surface area contributed by atoms with Crippen LogP contribution < -0.4 is 5.32 Å². The first kappa shape index (κ1) is 26.8. The molecule has 0 atom stereocenters. The van der Waals surface area contributed by atoms with Crippen LogP contribution in [-0.4, -0.2) is 73.0 Å². The molecule has 2 aromatic rings. The Bertz CT molecular complexity index is 1340. The first-order valence-electron chi connectivity index (χ1n) is 13.3. The van der Waals surface area contributed by atoms with E-state index in [1.54, 1.807) is 4.90 Å². The van der Waals surface area contributed by atoms with E-state index < -0.39 is 15.9 Å². The van der Waals surface area contributed by atoms with E-state index in [0.29, 0.717) is 67.7 Å². The minimum absolute atomic E-state index is 0.0174. The molecule has 4 heterocycles. The lowest BCUT2D eigenvalue weighted by Gasteiger charge is -2.29. The van der Waals surface area contributed by atoms with Crippen molar-refractivity contribution in [2.24, 2.45) is 5.92 Å². The predicted molar refractivity (Wildman–Crippen MR) is 146 cm³/mol. The zero-order valence-corrected chi connectivity index (χ0v) is 23.5. The molecule has 1 aromatic carbocycles. The van der Waals surface area contributed by atoms with Gasteiger partial charge in [0.2, 0.25) is 15.9 Å². The minimum atomic E-state index is -3.61. The number of nitrogens with zero attached hydrogens (tertiary/aromatic N) is 3. The number of carbonyl (C=O) groups excluding carboxylic acids is 3. The number of rotatable bonds is 5. The molecule has 2 saturated heterocycles. The first-order chi connectivity index (χ1) is 18.1. The third-order valence-corrected chi connectivity index (χ3v) is 10.9. The standard InChI is InChI=1S/C27H34N4O5S2/c1-18-9-15-31(16-10-18)38(35,36)21-7-5-20(6-8-21)25(33)28-26-24(27(34)29-12-3-4-13-29)22-11-14-30(19(2)32)17-23(22)37-26/h5-8,18H,3-4,9-17H2,1-2H3,(H,28,33). The molecule has 1 aromatic heterocycles. The number of benzene rings is 1. The number of hydrogen-bond acceptors (Lipinski definition) is 6. The molecule has 0 radical (unpaired) electrons. The quantitative estimate of drug-likeness (QED) is 0.604. The maximum absolute atomic E-state index is 13.5. The van der Waals surface area contributed by atoms with E-state index in [4.69, 9.17) is 0 Å². The molecule has 11 heteroatoms. The summed E-state index contributed by atoms with van der Waals surface area (Å²) in [5.74, 6) is 0.0153. The Morgan fingerprint density at radius 3 is 2.24 bits per heavy atom. The van der Waals surface area contributed by atoms with Gasteiger partial charge in [0.05, 0.1) is 17.0 Å². The molecule has 1 N–H and O–H groups in total. The Kier molecular flexibility index (Phi) is 7.61. The SMILES string of the molecule is CC(=O)N1CCc2c(sc(NC(=O)c3ccc(S(=O)(=O)N4CCC(C)CC4)cc3)c2C(=O)N2CCCC2)C1. The van der Waals surface area contributed by atoms with Crippen LogP contribution in [0, 0.1) is 5.92 Å². The van der Waals surface area contributed by atoms with Crippen molar-refractivity contribution in [3.8, 4) is 0 Å². The molecular weight excluding hydrogens is 524 g/mol. The maximum atomic E-state index is 13.5. The fourth-order valence-electron chi connectivity index (χ4n) is 5.39. The molecule has 3 amide bonds. The third kappa shape index (κ3) is 5.23. The van der Waals surface area contributed by atoms with Crippen LogP contribution >= 0.6 is 11.3 Å². The highest BCUT2D eigenvalue weighted by Gasteiger charge is 2.33. The first-order valence-corrected chi connectivity index (χ1v) is 15.5. The van der Waals surface area contributed by atoms with Crippen molar-refractivity contribution in [2.75, 3.05) is 38.0 Å². The Balaban J connectivity index is 1.38. The fraction of sp³-hybridized carbons (Fsp3) is 0.519. The van der Waals surface area contributed by atoms with Crippen LogP contribution in [0.2, 0.25) is 0 Å². The summed E-state index contributed by atoms with van der Waals surface area (Å²) in [7, 11) is -3.61. The second-order valence-corrected chi connectivity index (χ2v) is 13.5. The molecule has 5 rings (SSSR count). The number of thiophene rings is 1. The largest absolute Gasteiger partial charge is 0.339 e. The number of anilines is 1. The van der Waals surface area contributed by atoms with Gasteiger partial charge in [0.25, 0.3) is 11.8 Å². The number of likely N-dealkylation sites (tertiary alicyclic amines) is 1. The van der Waals surface area contributed by atoms with Crippen molar-refractivity contribution in [2.45, 2.75) is 57.4 Å². The number of amides is 3. The summed E-state index contributed by atoms with van der Waals surface area (Å²) in [5, 5.41) is 3.42. The molecule has 3 aliphatic heterocycles. The van der Waals surface area contributed by atoms with Gasteiger partial charge in [0, 0.05) is 50.1 Å². The van der Waals surface area contributed by atoms with Gasteiger partial charge in [-0.2, -0.15) is 4.31 Å². The smallest absolute Gasteiger partial charge is 0.257 e. The van der Waals surface area contributed by atoms with E-state index in [1.807, 2.05) is 4.90 Å². The molecule has 38 heavy (non-hydrogen) atoms. The molecule has 3 aliphatic rings. The summed E-state index contributed by atoms with van der Waals surface area (Å²) in [5.41, 5.74) is 1.76. The van der Waals surface area contributed by atoms with Crippen molar-refractivity contribution in [3.05, 3.63) is 45.8 Å². The third-order valence-electron chi connectivity index (χ3n) is 7.83. The highest BCUT2D eigenvalue weighted by molar-refractivity contribution is 7.89. The minimum Gasteiger partial charge on any atom is -0.339 e. The van der Waals surface area contributed by atoms with Gasteiger partial charge in [-0.3, -0.25) is 14.4 Å². The van der Waals surface area contributed by atoms with Crippen LogP contribution in [0.4, 0.5) is 5.00 Å². The van der Waals surface area contributed by atoms with Crippen LogP contribution in [0.1, 0.15) is 70.7 Å². The highest BCUT2D eigenvalue weighted by Crippen LogP contribution is 2.38. The van der Waals surface area contributed by atoms with Crippen LogP contribution in [0.15, 0.2) is 29.2 Å². The van der Waals surface area contributed by atoms with Gasteiger partial charge in [-0.25, -0.2) is 8.42 Å². The Labute approximate surface area is 227 Å². The Morgan fingerprint density at radius 1 is 0.947 bits per heavy atom. The lowest BCUT2D eigenvalue weighted by Crippen LogP contribution is -2.37. The van der Waals surface area contributed by atoms with Gasteiger partial charge in [-0.05, 0) is 67.9 Å². The molecule has 9 nitrogen and oxygen atoms in total. The van der Waals surface area contributed by atoms with Crippen molar-refractivity contribution in [1.82, 2.24) is 14.1 Å². The van der Waals surface area contributed by atoms with Crippen molar-refractivity contribution in [3.63, 3.8) is 0 Å². The Morgan fingerprint density at radius 2 is 1.61 bits per heavy atom.